The summed E-state index contributed by atoms with van der Waals surface area (Å²) in [5, 5.41) is 4.89. The Morgan fingerprint density at radius 3 is 2.74 bits per heavy atom. The van der Waals surface area contributed by atoms with Gasteiger partial charge in [0, 0.05) is 10.9 Å². The zero-order valence-corrected chi connectivity index (χ0v) is 18.3. The number of aromatic nitrogens is 5. The van der Waals surface area contributed by atoms with Crippen LogP contribution in [0, 0.1) is 6.92 Å². The Labute approximate surface area is 193 Å². The van der Waals surface area contributed by atoms with E-state index in [1.165, 1.54) is 17.1 Å². The van der Waals surface area contributed by atoms with Crippen LogP contribution in [-0.2, 0) is 12.8 Å². The van der Waals surface area contributed by atoms with Crippen LogP contribution in [0.25, 0.3) is 37.4 Å². The molecule has 170 valence electrons. The van der Waals surface area contributed by atoms with Gasteiger partial charge in [0.1, 0.15) is 39.7 Å². The van der Waals surface area contributed by atoms with Gasteiger partial charge >= 0.3 is 6.18 Å². The van der Waals surface area contributed by atoms with E-state index in [0.717, 1.165) is 28.7 Å². The number of hydrogen-bond acceptors (Lipinski definition) is 7. The van der Waals surface area contributed by atoms with Gasteiger partial charge in [-0.25, -0.2) is 19.5 Å². The summed E-state index contributed by atoms with van der Waals surface area (Å²) in [6.45, 7) is 2.07. The first-order valence-electron chi connectivity index (χ1n) is 10.2. The van der Waals surface area contributed by atoms with Crippen LogP contribution < -0.4 is 4.74 Å². The van der Waals surface area contributed by atoms with Crippen LogP contribution >= 0.6 is 11.3 Å². The summed E-state index contributed by atoms with van der Waals surface area (Å²) in [5.41, 5.74) is 1.21. The lowest BCUT2D eigenvalue weighted by Crippen LogP contribution is -2.07. The zero-order valence-electron chi connectivity index (χ0n) is 17.5. The Kier molecular flexibility index (Phi) is 4.56. The number of thiophene rings is 1. The van der Waals surface area contributed by atoms with E-state index in [0.29, 0.717) is 32.8 Å². The predicted octanol–water partition coefficient (Wildman–Crippen LogP) is 6.05. The molecule has 0 bridgehead atoms. The van der Waals surface area contributed by atoms with Gasteiger partial charge in [-0.05, 0) is 36.8 Å². The molecular weight excluding hydrogens is 467 g/mol. The van der Waals surface area contributed by atoms with E-state index < -0.39 is 11.9 Å². The van der Waals surface area contributed by atoms with E-state index in [9.17, 15) is 13.2 Å². The van der Waals surface area contributed by atoms with E-state index in [4.69, 9.17) is 9.15 Å². The number of alkyl halides is 3. The highest BCUT2D eigenvalue weighted by molar-refractivity contribution is 7.26. The first-order chi connectivity index (χ1) is 16.4. The maximum Gasteiger partial charge on any atom is 0.433 e. The van der Waals surface area contributed by atoms with Crippen molar-refractivity contribution < 1.29 is 22.3 Å². The molecule has 0 aliphatic carbocycles. The van der Waals surface area contributed by atoms with Gasteiger partial charge < -0.3 is 9.15 Å². The Balaban J connectivity index is 1.51. The van der Waals surface area contributed by atoms with Crippen molar-refractivity contribution in [2.45, 2.75) is 19.7 Å². The lowest BCUT2D eigenvalue weighted by molar-refractivity contribution is -0.140. The maximum atomic E-state index is 13.6. The van der Waals surface area contributed by atoms with Gasteiger partial charge in [-0.15, -0.1) is 16.4 Å². The summed E-state index contributed by atoms with van der Waals surface area (Å²) in [7, 11) is 0. The van der Waals surface area contributed by atoms with Crippen LogP contribution in [0.5, 0.6) is 5.75 Å². The number of rotatable bonds is 4. The van der Waals surface area contributed by atoms with Crippen molar-refractivity contribution in [3.8, 4) is 17.1 Å². The number of hydrogen-bond donors (Lipinski definition) is 0. The van der Waals surface area contributed by atoms with Crippen molar-refractivity contribution in [1.82, 2.24) is 24.6 Å². The van der Waals surface area contributed by atoms with Crippen molar-refractivity contribution >= 4 is 37.4 Å². The molecule has 0 aliphatic rings. The molecule has 6 aromatic rings. The summed E-state index contributed by atoms with van der Waals surface area (Å²) >= 11 is 1.08. The predicted molar refractivity (Wildman–Crippen MR) is 120 cm³/mol. The van der Waals surface area contributed by atoms with E-state index in [2.05, 4.69) is 20.1 Å². The SMILES string of the molecule is Cc1ccccc1OCc1nc2c3sc4nc(C(F)(F)F)cc(-c5ccco5)c4c3ncn2n1. The second-order valence-electron chi connectivity index (χ2n) is 7.59. The lowest BCUT2D eigenvalue weighted by atomic mass is 10.1. The minimum Gasteiger partial charge on any atom is -0.485 e. The molecule has 5 aromatic heterocycles. The summed E-state index contributed by atoms with van der Waals surface area (Å²) in [5.74, 6) is 1.44. The Morgan fingerprint density at radius 2 is 1.97 bits per heavy atom. The molecule has 6 rings (SSSR count). The maximum absolute atomic E-state index is 13.6. The molecule has 0 spiro atoms. The summed E-state index contributed by atoms with van der Waals surface area (Å²) in [6, 6.07) is 11.8. The van der Waals surface area contributed by atoms with Crippen molar-refractivity contribution in [2.75, 3.05) is 0 Å². The third-order valence-electron chi connectivity index (χ3n) is 5.34. The topological polar surface area (TPSA) is 78.3 Å². The standard InChI is InChI=1S/C23H14F3N5O2S/c1-12-5-2-3-6-14(12)33-10-17-29-21-20-19(27-11-31(21)30-17)18-13(15-7-4-8-32-15)9-16(23(24,25)26)28-22(18)34-20/h2-9,11H,10H2,1H3. The molecule has 0 amide bonds. The number of para-hydroxylation sites is 1. The van der Waals surface area contributed by atoms with Gasteiger partial charge in [-0.1, -0.05) is 18.2 Å². The van der Waals surface area contributed by atoms with Gasteiger partial charge in [-0.3, -0.25) is 0 Å². The van der Waals surface area contributed by atoms with Gasteiger partial charge in [-0.2, -0.15) is 13.2 Å². The second kappa shape index (κ2) is 7.52. The van der Waals surface area contributed by atoms with Crippen molar-refractivity contribution in [2.24, 2.45) is 0 Å². The van der Waals surface area contributed by atoms with E-state index >= 15 is 0 Å². The summed E-state index contributed by atoms with van der Waals surface area (Å²) in [4.78, 5) is 13.1. The average Bonchev–Trinajstić information content (AvgIpc) is 3.54. The van der Waals surface area contributed by atoms with Crippen molar-refractivity contribution in [1.29, 1.82) is 0 Å². The number of halogens is 3. The van der Waals surface area contributed by atoms with Crippen LogP contribution in [0.15, 0.2) is 59.5 Å². The Hall–Kier alpha value is -3.99. The highest BCUT2D eigenvalue weighted by Crippen LogP contribution is 2.42. The molecule has 1 aromatic carbocycles. The molecule has 0 aliphatic heterocycles. The number of furan rings is 1. The number of aryl methyl sites for hydroxylation is 1. The molecule has 0 saturated carbocycles. The van der Waals surface area contributed by atoms with Crippen LogP contribution in [0.4, 0.5) is 13.2 Å². The first kappa shape index (κ1) is 20.6. The molecule has 0 fully saturated rings. The monoisotopic (exact) mass is 481 g/mol. The fraction of sp³-hybridized carbons (Fsp3) is 0.130. The van der Waals surface area contributed by atoms with Gasteiger partial charge in [0.2, 0.25) is 0 Å². The van der Waals surface area contributed by atoms with Gasteiger partial charge in [0.15, 0.2) is 11.5 Å². The third-order valence-corrected chi connectivity index (χ3v) is 6.41. The molecule has 0 atom stereocenters. The Morgan fingerprint density at radius 1 is 1.12 bits per heavy atom. The van der Waals surface area contributed by atoms with Crippen LogP contribution in [0.2, 0.25) is 0 Å². The average molecular weight is 481 g/mol. The zero-order chi connectivity index (χ0) is 23.4. The van der Waals surface area contributed by atoms with Crippen molar-refractivity contribution in [3.63, 3.8) is 0 Å². The normalized spacial score (nSPS) is 12.2. The van der Waals surface area contributed by atoms with Crippen LogP contribution in [0.3, 0.4) is 0 Å². The Bertz CT molecular complexity index is 1670. The number of benzene rings is 1. The molecule has 0 N–H and O–H groups in total. The number of fused-ring (bicyclic) bond motifs is 5. The minimum atomic E-state index is -4.61. The number of pyridine rings is 1. The fourth-order valence-corrected chi connectivity index (χ4v) is 4.89. The van der Waals surface area contributed by atoms with Crippen molar-refractivity contribution in [3.05, 3.63) is 72.1 Å². The van der Waals surface area contributed by atoms with E-state index in [1.807, 2.05) is 31.2 Å². The highest BCUT2D eigenvalue weighted by Gasteiger charge is 2.34. The molecule has 0 radical (unpaired) electrons. The largest absolute Gasteiger partial charge is 0.485 e. The number of nitrogens with zero attached hydrogens (tertiary/aromatic N) is 5. The second-order valence-corrected chi connectivity index (χ2v) is 8.58. The smallest absolute Gasteiger partial charge is 0.433 e. The summed E-state index contributed by atoms with van der Waals surface area (Å²) < 4.78 is 54.0. The van der Waals surface area contributed by atoms with Gasteiger partial charge in [0.25, 0.3) is 0 Å². The number of ether oxygens (including phenoxy) is 1. The summed E-state index contributed by atoms with van der Waals surface area (Å²) in [6.07, 6.45) is -1.71. The molecule has 0 saturated heterocycles. The lowest BCUT2D eigenvalue weighted by Gasteiger charge is -2.08. The first-order valence-corrected chi connectivity index (χ1v) is 11.0. The molecule has 7 nitrogen and oxygen atoms in total. The van der Waals surface area contributed by atoms with E-state index in [1.54, 1.807) is 12.1 Å². The molecular formula is C23H14F3N5O2S. The molecule has 11 heteroatoms. The molecule has 5 heterocycles. The van der Waals surface area contributed by atoms with Gasteiger partial charge in [0.05, 0.1) is 11.8 Å². The highest BCUT2D eigenvalue weighted by atomic mass is 32.1. The molecule has 34 heavy (non-hydrogen) atoms. The molecule has 0 unspecified atom stereocenters. The quantitative estimate of drug-likeness (QED) is 0.305. The van der Waals surface area contributed by atoms with E-state index in [-0.39, 0.29) is 17.0 Å². The van der Waals surface area contributed by atoms with Crippen LogP contribution in [-0.4, -0.2) is 24.6 Å². The minimum absolute atomic E-state index is 0.132. The fourth-order valence-electron chi connectivity index (χ4n) is 3.77. The van der Waals surface area contributed by atoms with Crippen LogP contribution in [0.1, 0.15) is 17.1 Å². The third kappa shape index (κ3) is 3.36.